The first kappa shape index (κ1) is 46.5. The van der Waals surface area contributed by atoms with E-state index in [4.69, 9.17) is 19.8 Å². The smallest absolute Gasteiger partial charge is 0.410 e. The van der Waals surface area contributed by atoms with Crippen molar-refractivity contribution in [3.05, 3.63) is 97.4 Å². The Morgan fingerprint density at radius 3 is 1.55 bits per heavy atom. The number of hydrogen-bond acceptors (Lipinski definition) is 8. The summed E-state index contributed by atoms with van der Waals surface area (Å²) in [5.74, 6) is 0.253. The molecule has 15 heteroatoms. The maximum atomic E-state index is 12.2. The maximum Gasteiger partial charge on any atom is 0.410 e. The fourth-order valence-corrected chi connectivity index (χ4v) is 8.29. The Balaban J connectivity index is 0.000000290. The van der Waals surface area contributed by atoms with Crippen molar-refractivity contribution in [3.8, 4) is 0 Å². The number of hydrogen-bond donors (Lipinski definition) is 2. The number of primary sulfonamides is 2. The normalized spacial score (nSPS) is 15.5. The molecule has 12 nitrogen and oxygen atoms in total. The summed E-state index contributed by atoms with van der Waals surface area (Å²) in [5.41, 5.74) is 2.10. The first-order valence-corrected chi connectivity index (χ1v) is 21.0. The van der Waals surface area contributed by atoms with Crippen molar-refractivity contribution in [2.24, 2.45) is 10.3 Å². The van der Waals surface area contributed by atoms with Gasteiger partial charge in [-0.1, -0.05) is 66.7 Å². The molecular weight excluding hydrogens is 847 g/mol. The third kappa shape index (κ3) is 11.6. The van der Waals surface area contributed by atoms with Crippen LogP contribution in [0.5, 0.6) is 0 Å². The molecule has 0 aromatic heterocycles. The van der Waals surface area contributed by atoms with Crippen LogP contribution in [-0.4, -0.2) is 76.2 Å². The van der Waals surface area contributed by atoms with Crippen molar-refractivity contribution in [2.45, 2.75) is 87.7 Å². The Labute approximate surface area is 345 Å². The van der Waals surface area contributed by atoms with Gasteiger partial charge in [0, 0.05) is 57.4 Å². The van der Waals surface area contributed by atoms with Crippen LogP contribution in [0.4, 0.5) is 9.59 Å². The van der Waals surface area contributed by atoms with E-state index < -0.39 is 31.2 Å². The van der Waals surface area contributed by atoms with Gasteiger partial charge in [0.15, 0.2) is 0 Å². The van der Waals surface area contributed by atoms with E-state index in [2.05, 4.69) is 0 Å². The Bertz CT molecular complexity index is 2310. The Morgan fingerprint density at radius 2 is 1.09 bits per heavy atom. The van der Waals surface area contributed by atoms with Crippen molar-refractivity contribution < 1.29 is 56.3 Å². The van der Waals surface area contributed by atoms with Crippen molar-refractivity contribution in [1.82, 2.24) is 9.80 Å². The molecule has 0 atom stereocenters. The summed E-state index contributed by atoms with van der Waals surface area (Å²) in [4.78, 5) is 28.1. The van der Waals surface area contributed by atoms with Gasteiger partial charge in [-0.25, -0.2) is 36.7 Å². The van der Waals surface area contributed by atoms with Crippen LogP contribution >= 0.6 is 0 Å². The first-order chi connectivity index (χ1) is 25.1. The molecule has 2 heterocycles. The fourth-order valence-electron chi connectivity index (χ4n) is 6.80. The molecule has 308 valence electrons. The van der Waals surface area contributed by atoms with E-state index in [-0.39, 0.29) is 55.7 Å². The van der Waals surface area contributed by atoms with Crippen LogP contribution in [0.2, 0.25) is 0 Å². The largest absolute Gasteiger partial charge is 0.444 e. The molecule has 0 aliphatic carbocycles. The molecule has 6 rings (SSSR count). The molecule has 0 unspecified atom stereocenters. The van der Waals surface area contributed by atoms with Gasteiger partial charge in [0.2, 0.25) is 20.0 Å². The predicted molar refractivity (Wildman–Crippen MR) is 217 cm³/mol. The van der Waals surface area contributed by atoms with Gasteiger partial charge in [0.05, 0.1) is 9.79 Å². The van der Waals surface area contributed by atoms with Crippen LogP contribution < -0.4 is 10.3 Å². The van der Waals surface area contributed by atoms with Gasteiger partial charge in [-0.05, 0) is 106 Å². The molecule has 56 heavy (non-hydrogen) atoms. The predicted octanol–water partition coefficient (Wildman–Crippen LogP) is 7.56. The topological polar surface area (TPSA) is 179 Å². The molecule has 0 bridgehead atoms. The monoisotopic (exact) mass is 899 g/mol. The summed E-state index contributed by atoms with van der Waals surface area (Å²) >= 11 is 0. The minimum absolute atomic E-state index is 0. The first-order valence-electron chi connectivity index (χ1n) is 17.9. The second kappa shape index (κ2) is 18.2. The number of ether oxygens (including phenoxy) is 2. The molecule has 4 aromatic rings. The molecule has 2 aliphatic heterocycles. The summed E-state index contributed by atoms with van der Waals surface area (Å²) < 4.78 is 58.4. The summed E-state index contributed by atoms with van der Waals surface area (Å²) in [6.07, 6.45) is 3.65. The van der Waals surface area contributed by atoms with Crippen molar-refractivity contribution >= 4 is 59.4 Å². The number of carbonyl (C=O) groups excluding carboxylic acids is 2. The molecular formula is C41H53N4O8PdS2-. The number of benzene rings is 4. The number of rotatable bonds is 4. The number of fused-ring (bicyclic) bond motifs is 2. The average molecular weight is 900 g/mol. The minimum atomic E-state index is -3.80. The van der Waals surface area contributed by atoms with Gasteiger partial charge in [-0.2, -0.15) is 0 Å². The Kier molecular flexibility index (Phi) is 15.1. The fraction of sp³-hybridized carbons (Fsp3) is 0.390. The van der Waals surface area contributed by atoms with Crippen molar-refractivity contribution in [1.29, 1.82) is 0 Å². The summed E-state index contributed by atoms with van der Waals surface area (Å²) in [7, 11) is -7.59. The zero-order valence-corrected chi connectivity index (χ0v) is 36.2. The number of sulfonamides is 2. The van der Waals surface area contributed by atoms with E-state index in [1.807, 2.05) is 84.0 Å². The van der Waals surface area contributed by atoms with Crippen molar-refractivity contribution in [3.63, 3.8) is 0 Å². The van der Waals surface area contributed by atoms with E-state index in [1.165, 1.54) is 0 Å². The number of nitrogens with two attached hydrogens (primary N) is 2. The third-order valence-corrected chi connectivity index (χ3v) is 11.1. The van der Waals surface area contributed by atoms with E-state index >= 15 is 0 Å². The summed E-state index contributed by atoms with van der Waals surface area (Å²) in [6.45, 7) is 13.3. The van der Waals surface area contributed by atoms with Crippen LogP contribution in [0.1, 0.15) is 77.8 Å². The number of carbonyl (C=O) groups is 2. The van der Waals surface area contributed by atoms with Gasteiger partial charge >= 0.3 is 12.2 Å². The summed E-state index contributed by atoms with van der Waals surface area (Å²) in [5, 5.41) is 13.7. The molecule has 0 saturated carbocycles. The standard InChI is InChI=1S/C20H26N2O4S.C20H24N2O4S.CH3.Pd/c2*1-20(2,3)26-19(23)22-12-10-14(11-13-22)15-8-9-18(27(21,24)25)17-7-5-4-6-16(15)17;;/h4-9,14H,10-13H2,1-3H3,(H2,21,24,25);4-10H,11-13H2,1-3H3,(H2,21,24,25);1H3;/q;;-1;. The van der Waals surface area contributed by atoms with Crippen molar-refractivity contribution in [2.75, 3.05) is 26.2 Å². The second-order valence-electron chi connectivity index (χ2n) is 15.6. The third-order valence-electron chi connectivity index (χ3n) is 9.21. The number of amides is 2. The van der Waals surface area contributed by atoms with Crippen LogP contribution in [0.25, 0.3) is 27.1 Å². The van der Waals surface area contributed by atoms with E-state index in [1.54, 1.807) is 46.2 Å². The van der Waals surface area contributed by atoms with Crippen LogP contribution in [-0.2, 0) is 49.9 Å². The molecule has 2 aliphatic rings. The second-order valence-corrected chi connectivity index (χ2v) is 18.7. The van der Waals surface area contributed by atoms with Gasteiger partial charge < -0.3 is 26.7 Å². The number of nitrogens with zero attached hydrogens (tertiary/aromatic N) is 2. The van der Waals surface area contributed by atoms with E-state index in [0.29, 0.717) is 43.4 Å². The van der Waals surface area contributed by atoms with Gasteiger partial charge in [-0.3, -0.25) is 0 Å². The Hall–Kier alpha value is -3.84. The SMILES string of the molecule is CC(C)(C)OC(=O)N1CC=C(c2ccc(S(N)(=O)=O)c3ccccc23)CC1.CC(C)(C)OC(=O)N1CCC(c2ccc(S(N)(=O)=O)c3ccccc23)CC1.[CH3-].[Pd]. The van der Waals surface area contributed by atoms with Crippen LogP contribution in [0, 0.1) is 7.43 Å². The van der Waals surface area contributed by atoms with Gasteiger partial charge in [0.25, 0.3) is 0 Å². The van der Waals surface area contributed by atoms with Crippen LogP contribution in [0.15, 0.2) is 88.7 Å². The van der Waals surface area contributed by atoms with Gasteiger partial charge in [0.1, 0.15) is 11.2 Å². The van der Waals surface area contributed by atoms with Crippen LogP contribution in [0.3, 0.4) is 0 Å². The average Bonchev–Trinajstić information content (AvgIpc) is 3.09. The van der Waals surface area contributed by atoms with E-state index in [9.17, 15) is 26.4 Å². The number of likely N-dealkylation sites (tertiary alicyclic amines) is 1. The molecule has 1 saturated heterocycles. The molecule has 0 radical (unpaired) electrons. The Morgan fingerprint density at radius 1 is 0.643 bits per heavy atom. The van der Waals surface area contributed by atoms with Gasteiger partial charge in [-0.15, -0.1) is 0 Å². The molecule has 2 amide bonds. The minimum Gasteiger partial charge on any atom is -0.444 e. The van der Waals surface area contributed by atoms with E-state index in [0.717, 1.165) is 40.3 Å². The molecule has 4 aromatic carbocycles. The zero-order chi connectivity index (χ0) is 39.6. The molecule has 1 fully saturated rings. The number of piperidine rings is 1. The summed E-state index contributed by atoms with van der Waals surface area (Å²) in [6, 6.07) is 21.5. The molecule has 4 N–H and O–H groups in total. The molecule has 0 spiro atoms. The zero-order valence-electron chi connectivity index (χ0n) is 33.0. The maximum absolute atomic E-state index is 12.2. The quantitative estimate of drug-likeness (QED) is 0.156.